The van der Waals surface area contributed by atoms with Crippen LogP contribution in [0.4, 0.5) is 4.79 Å². The van der Waals surface area contributed by atoms with E-state index in [2.05, 4.69) is 11.9 Å². The van der Waals surface area contributed by atoms with Gasteiger partial charge in [-0.05, 0) is 56.2 Å². The van der Waals surface area contributed by atoms with E-state index in [0.29, 0.717) is 5.56 Å². The fourth-order valence-electron chi connectivity index (χ4n) is 3.52. The SMILES string of the molecule is C=CCN1C(=O)N/C(=C/c2cc(C)n(-c3cccc(C(=O)OC)c3C)c2C)C1=O. The van der Waals surface area contributed by atoms with Crippen LogP contribution in [-0.2, 0) is 9.53 Å². The fraction of sp³-hybridized carbons (Fsp3) is 0.227. The minimum atomic E-state index is -0.461. The van der Waals surface area contributed by atoms with E-state index >= 15 is 0 Å². The standard InChI is InChI=1S/C22H23N3O4/c1-6-10-24-20(26)18(23-22(24)28)12-16-11-13(2)25(15(16)4)19-9-7-8-17(14(19)3)21(27)29-5/h6-9,11-12H,1,10H2,2-5H3,(H,23,28)/b18-12+. The van der Waals surface area contributed by atoms with Gasteiger partial charge in [0.05, 0.1) is 12.7 Å². The Balaban J connectivity index is 2.05. The molecule has 1 aliphatic rings. The van der Waals surface area contributed by atoms with E-state index in [1.807, 2.05) is 37.5 Å². The van der Waals surface area contributed by atoms with Gasteiger partial charge in [-0.1, -0.05) is 12.1 Å². The van der Waals surface area contributed by atoms with Crippen LogP contribution in [0, 0.1) is 20.8 Å². The maximum Gasteiger partial charge on any atom is 0.338 e. The first-order valence-electron chi connectivity index (χ1n) is 9.12. The van der Waals surface area contributed by atoms with E-state index in [4.69, 9.17) is 4.74 Å². The number of hydrogen-bond donors (Lipinski definition) is 1. The zero-order valence-corrected chi connectivity index (χ0v) is 16.9. The molecule has 150 valence electrons. The number of esters is 1. The second kappa shape index (κ2) is 7.79. The lowest BCUT2D eigenvalue weighted by Crippen LogP contribution is -2.30. The first-order chi connectivity index (χ1) is 13.8. The van der Waals surface area contributed by atoms with Gasteiger partial charge in [-0.2, -0.15) is 0 Å². The average Bonchev–Trinajstić information content (AvgIpc) is 3.11. The molecule has 1 saturated heterocycles. The predicted molar refractivity (Wildman–Crippen MR) is 110 cm³/mol. The van der Waals surface area contributed by atoms with Gasteiger partial charge in [-0.25, -0.2) is 9.59 Å². The van der Waals surface area contributed by atoms with Crippen molar-refractivity contribution in [3.05, 3.63) is 70.7 Å². The van der Waals surface area contributed by atoms with Crippen molar-refractivity contribution in [2.75, 3.05) is 13.7 Å². The van der Waals surface area contributed by atoms with Gasteiger partial charge < -0.3 is 14.6 Å². The number of carbonyl (C=O) groups is 3. The number of ether oxygens (including phenoxy) is 1. The van der Waals surface area contributed by atoms with Crippen LogP contribution in [0.3, 0.4) is 0 Å². The number of methoxy groups -OCH3 is 1. The molecule has 0 atom stereocenters. The summed E-state index contributed by atoms with van der Waals surface area (Å²) in [7, 11) is 1.35. The molecule has 1 fully saturated rings. The maximum absolute atomic E-state index is 12.5. The molecule has 2 aromatic rings. The summed E-state index contributed by atoms with van der Waals surface area (Å²) in [6.07, 6.45) is 3.17. The second-order valence-electron chi connectivity index (χ2n) is 6.80. The van der Waals surface area contributed by atoms with Gasteiger partial charge in [-0.15, -0.1) is 6.58 Å². The van der Waals surface area contributed by atoms with E-state index in [-0.39, 0.29) is 18.1 Å². The van der Waals surface area contributed by atoms with Gasteiger partial charge >= 0.3 is 12.0 Å². The molecule has 3 amide bonds. The Hall–Kier alpha value is -3.61. The molecule has 1 N–H and O–H groups in total. The third-order valence-electron chi connectivity index (χ3n) is 5.00. The first kappa shape index (κ1) is 20.1. The summed E-state index contributed by atoms with van der Waals surface area (Å²) in [5, 5.41) is 2.61. The molecule has 0 spiro atoms. The summed E-state index contributed by atoms with van der Waals surface area (Å²) < 4.78 is 6.88. The topological polar surface area (TPSA) is 80.6 Å². The quantitative estimate of drug-likeness (QED) is 0.366. The van der Waals surface area contributed by atoms with Gasteiger partial charge in [-0.3, -0.25) is 9.69 Å². The number of aryl methyl sites for hydroxylation is 1. The smallest absolute Gasteiger partial charge is 0.338 e. The highest BCUT2D eigenvalue weighted by atomic mass is 16.5. The Labute approximate surface area is 169 Å². The molecular weight excluding hydrogens is 370 g/mol. The summed E-state index contributed by atoms with van der Waals surface area (Å²) in [5.41, 5.74) is 4.97. The maximum atomic E-state index is 12.5. The van der Waals surface area contributed by atoms with E-state index < -0.39 is 12.0 Å². The molecule has 3 rings (SSSR count). The van der Waals surface area contributed by atoms with Gasteiger partial charge in [0.25, 0.3) is 5.91 Å². The first-order valence-corrected chi connectivity index (χ1v) is 9.12. The van der Waals surface area contributed by atoms with Crippen molar-refractivity contribution in [3.63, 3.8) is 0 Å². The highest BCUT2D eigenvalue weighted by Gasteiger charge is 2.32. The molecule has 0 radical (unpaired) electrons. The van der Waals surface area contributed by atoms with Gasteiger partial charge in [0.1, 0.15) is 5.70 Å². The fourth-order valence-corrected chi connectivity index (χ4v) is 3.52. The lowest BCUT2D eigenvalue weighted by atomic mass is 10.1. The monoisotopic (exact) mass is 393 g/mol. The largest absolute Gasteiger partial charge is 0.465 e. The third kappa shape index (κ3) is 3.47. The molecule has 2 heterocycles. The van der Waals surface area contributed by atoms with Crippen molar-refractivity contribution < 1.29 is 19.1 Å². The van der Waals surface area contributed by atoms with Crippen LogP contribution in [0.2, 0.25) is 0 Å². The number of imide groups is 1. The van der Waals surface area contributed by atoms with E-state index in [9.17, 15) is 14.4 Å². The van der Waals surface area contributed by atoms with Crippen LogP contribution >= 0.6 is 0 Å². The molecule has 1 aromatic carbocycles. The van der Waals surface area contributed by atoms with E-state index in [0.717, 1.165) is 33.1 Å². The minimum absolute atomic E-state index is 0.153. The summed E-state index contributed by atoms with van der Waals surface area (Å²) in [5.74, 6) is -0.778. The number of benzene rings is 1. The average molecular weight is 393 g/mol. The summed E-state index contributed by atoms with van der Waals surface area (Å²) in [6, 6.07) is 6.92. The van der Waals surface area contributed by atoms with Crippen LogP contribution < -0.4 is 5.32 Å². The number of rotatable bonds is 5. The highest BCUT2D eigenvalue weighted by Crippen LogP contribution is 2.27. The number of aromatic nitrogens is 1. The highest BCUT2D eigenvalue weighted by molar-refractivity contribution is 6.14. The van der Waals surface area contributed by atoms with Gasteiger partial charge in [0, 0.05) is 23.6 Å². The molecule has 0 saturated carbocycles. The minimum Gasteiger partial charge on any atom is -0.465 e. The van der Waals surface area contributed by atoms with Crippen molar-refractivity contribution in [1.82, 2.24) is 14.8 Å². The molecule has 0 bridgehead atoms. The zero-order valence-electron chi connectivity index (χ0n) is 16.9. The van der Waals surface area contributed by atoms with Crippen LogP contribution in [0.1, 0.15) is 32.9 Å². The second-order valence-corrected chi connectivity index (χ2v) is 6.80. The number of nitrogens with zero attached hydrogens (tertiary/aromatic N) is 2. The molecule has 1 aliphatic heterocycles. The Morgan fingerprint density at radius 1 is 1.24 bits per heavy atom. The number of nitrogens with one attached hydrogen (secondary N) is 1. The molecule has 29 heavy (non-hydrogen) atoms. The number of carbonyl (C=O) groups excluding carboxylic acids is 3. The molecule has 0 unspecified atom stereocenters. The van der Waals surface area contributed by atoms with Gasteiger partial charge in [0.2, 0.25) is 0 Å². The van der Waals surface area contributed by atoms with Crippen LogP contribution in [0.5, 0.6) is 0 Å². The number of urea groups is 1. The zero-order chi connectivity index (χ0) is 21.3. The van der Waals surface area contributed by atoms with Gasteiger partial charge in [0.15, 0.2) is 0 Å². The summed E-state index contributed by atoms with van der Waals surface area (Å²) >= 11 is 0. The molecular formula is C22H23N3O4. The predicted octanol–water partition coefficient (Wildman–Crippen LogP) is 3.27. The Morgan fingerprint density at radius 3 is 2.62 bits per heavy atom. The van der Waals surface area contributed by atoms with Crippen molar-refractivity contribution in [2.24, 2.45) is 0 Å². The third-order valence-corrected chi connectivity index (χ3v) is 5.00. The van der Waals surface area contributed by atoms with Crippen molar-refractivity contribution in [2.45, 2.75) is 20.8 Å². The lowest BCUT2D eigenvalue weighted by Gasteiger charge is -2.15. The van der Waals surface area contributed by atoms with Crippen LogP contribution in [-0.4, -0.2) is 41.0 Å². The summed E-state index contributed by atoms with van der Waals surface area (Å²) in [6.45, 7) is 9.46. The number of hydrogen-bond acceptors (Lipinski definition) is 4. The molecule has 7 nitrogen and oxygen atoms in total. The Kier molecular flexibility index (Phi) is 5.41. The molecule has 7 heteroatoms. The lowest BCUT2D eigenvalue weighted by molar-refractivity contribution is -0.122. The van der Waals surface area contributed by atoms with E-state index in [1.165, 1.54) is 13.2 Å². The van der Waals surface area contributed by atoms with Crippen molar-refractivity contribution in [3.8, 4) is 5.69 Å². The Morgan fingerprint density at radius 2 is 1.97 bits per heavy atom. The normalized spacial score (nSPS) is 15.0. The molecule has 0 aliphatic carbocycles. The van der Waals surface area contributed by atoms with Crippen LogP contribution in [0.15, 0.2) is 42.6 Å². The van der Waals surface area contributed by atoms with Crippen LogP contribution in [0.25, 0.3) is 11.8 Å². The van der Waals surface area contributed by atoms with Crippen molar-refractivity contribution in [1.29, 1.82) is 0 Å². The number of amides is 3. The summed E-state index contributed by atoms with van der Waals surface area (Å²) in [4.78, 5) is 37.6. The molecule has 1 aromatic heterocycles. The Bertz CT molecular complexity index is 1060. The van der Waals surface area contributed by atoms with Crippen molar-refractivity contribution >= 4 is 24.0 Å². The van der Waals surface area contributed by atoms with E-state index in [1.54, 1.807) is 18.2 Å².